The molecule has 3 aromatic carbocycles. The van der Waals surface area contributed by atoms with Crippen molar-refractivity contribution in [2.24, 2.45) is 5.73 Å². The summed E-state index contributed by atoms with van der Waals surface area (Å²) in [6.07, 6.45) is 0.748. The summed E-state index contributed by atoms with van der Waals surface area (Å²) in [5.41, 5.74) is 9.04. The van der Waals surface area contributed by atoms with Crippen molar-refractivity contribution in [3.63, 3.8) is 0 Å². The lowest BCUT2D eigenvalue weighted by Gasteiger charge is -2.36. The SMILES string of the molecule is CC(C)(c1ccc(OCc2ccccc2)cc1)C(Cc1ccc(C(N)=O)cc1)NCCO.Cl. The topological polar surface area (TPSA) is 84.6 Å². The van der Waals surface area contributed by atoms with Crippen LogP contribution in [0.1, 0.15) is 40.9 Å². The van der Waals surface area contributed by atoms with Gasteiger partial charge in [0, 0.05) is 23.6 Å². The monoisotopic (exact) mass is 468 g/mol. The van der Waals surface area contributed by atoms with E-state index in [2.05, 4.69) is 31.3 Å². The summed E-state index contributed by atoms with van der Waals surface area (Å²) in [6, 6.07) is 25.8. The lowest BCUT2D eigenvalue weighted by Crippen LogP contribution is -2.47. The molecule has 33 heavy (non-hydrogen) atoms. The van der Waals surface area contributed by atoms with Gasteiger partial charge in [0.15, 0.2) is 0 Å². The van der Waals surface area contributed by atoms with Crippen LogP contribution in [0, 0.1) is 0 Å². The molecule has 0 bridgehead atoms. The maximum Gasteiger partial charge on any atom is 0.248 e. The van der Waals surface area contributed by atoms with Crippen LogP contribution in [0.15, 0.2) is 78.9 Å². The van der Waals surface area contributed by atoms with E-state index in [0.717, 1.165) is 23.3 Å². The number of ether oxygens (including phenoxy) is 1. The number of halogens is 1. The van der Waals surface area contributed by atoms with Crippen molar-refractivity contribution in [1.82, 2.24) is 5.32 Å². The molecule has 3 rings (SSSR count). The zero-order valence-corrected chi connectivity index (χ0v) is 20.0. The van der Waals surface area contributed by atoms with Gasteiger partial charge in [0.25, 0.3) is 0 Å². The lowest BCUT2D eigenvalue weighted by atomic mass is 9.75. The Morgan fingerprint density at radius 3 is 2.18 bits per heavy atom. The first-order chi connectivity index (χ1) is 15.4. The second-order valence-corrected chi connectivity index (χ2v) is 8.52. The lowest BCUT2D eigenvalue weighted by molar-refractivity contribution is 0.1000. The van der Waals surface area contributed by atoms with Gasteiger partial charge in [-0.15, -0.1) is 12.4 Å². The predicted octanol–water partition coefficient (Wildman–Crippen LogP) is 4.26. The van der Waals surface area contributed by atoms with Crippen LogP contribution in [0.3, 0.4) is 0 Å². The second kappa shape index (κ2) is 12.4. The molecule has 1 unspecified atom stereocenters. The van der Waals surface area contributed by atoms with Crippen molar-refractivity contribution < 1.29 is 14.6 Å². The van der Waals surface area contributed by atoms with Gasteiger partial charge in [0.1, 0.15) is 12.4 Å². The third-order valence-corrected chi connectivity index (χ3v) is 5.90. The van der Waals surface area contributed by atoms with Crippen LogP contribution in [0.2, 0.25) is 0 Å². The fourth-order valence-corrected chi connectivity index (χ4v) is 3.78. The molecule has 3 aromatic rings. The predicted molar refractivity (Wildman–Crippen MR) is 135 cm³/mol. The van der Waals surface area contributed by atoms with Gasteiger partial charge in [0.2, 0.25) is 5.91 Å². The maximum absolute atomic E-state index is 11.3. The number of rotatable bonds is 11. The van der Waals surface area contributed by atoms with Gasteiger partial charge in [-0.2, -0.15) is 0 Å². The number of primary amides is 1. The smallest absolute Gasteiger partial charge is 0.248 e. The van der Waals surface area contributed by atoms with E-state index in [9.17, 15) is 9.90 Å². The highest BCUT2D eigenvalue weighted by Crippen LogP contribution is 2.31. The van der Waals surface area contributed by atoms with Gasteiger partial charge in [-0.25, -0.2) is 0 Å². The second-order valence-electron chi connectivity index (χ2n) is 8.52. The van der Waals surface area contributed by atoms with Gasteiger partial charge >= 0.3 is 0 Å². The molecule has 0 saturated carbocycles. The number of carbonyl (C=O) groups is 1. The van der Waals surface area contributed by atoms with Crippen LogP contribution < -0.4 is 15.8 Å². The minimum atomic E-state index is -0.429. The van der Waals surface area contributed by atoms with E-state index in [4.69, 9.17) is 10.5 Å². The van der Waals surface area contributed by atoms with Gasteiger partial charge in [-0.1, -0.05) is 68.4 Å². The molecular weight excluding hydrogens is 436 g/mol. The van der Waals surface area contributed by atoms with Crippen molar-refractivity contribution in [3.8, 4) is 5.75 Å². The third-order valence-electron chi connectivity index (χ3n) is 5.90. The Bertz CT molecular complexity index is 990. The van der Waals surface area contributed by atoms with Crippen LogP contribution in [0.5, 0.6) is 5.75 Å². The quantitative estimate of drug-likeness (QED) is 0.392. The van der Waals surface area contributed by atoms with E-state index >= 15 is 0 Å². The molecular formula is C27H33ClN2O3. The Labute approximate surface area is 202 Å². The molecule has 0 aliphatic carbocycles. The van der Waals surface area contributed by atoms with Crippen molar-refractivity contribution in [3.05, 3.63) is 101 Å². The Hall–Kier alpha value is -2.86. The first-order valence-electron chi connectivity index (χ1n) is 10.9. The highest BCUT2D eigenvalue weighted by atomic mass is 35.5. The van der Waals surface area contributed by atoms with Crippen LogP contribution in [-0.4, -0.2) is 30.2 Å². The average molecular weight is 469 g/mol. The molecule has 6 heteroatoms. The fraction of sp³-hybridized carbons (Fsp3) is 0.296. The minimum Gasteiger partial charge on any atom is -0.489 e. The number of amides is 1. The molecule has 1 amide bonds. The van der Waals surface area contributed by atoms with Crippen LogP contribution in [0.25, 0.3) is 0 Å². The summed E-state index contributed by atoms with van der Waals surface area (Å²) in [7, 11) is 0. The van der Waals surface area contributed by atoms with Crippen LogP contribution >= 0.6 is 12.4 Å². The van der Waals surface area contributed by atoms with Crippen LogP contribution in [-0.2, 0) is 18.4 Å². The van der Waals surface area contributed by atoms with Gasteiger partial charge in [0.05, 0.1) is 6.61 Å². The van der Waals surface area contributed by atoms with E-state index in [0.29, 0.717) is 18.7 Å². The van der Waals surface area contributed by atoms with E-state index < -0.39 is 5.91 Å². The molecule has 0 spiro atoms. The highest BCUT2D eigenvalue weighted by molar-refractivity contribution is 5.92. The largest absolute Gasteiger partial charge is 0.489 e. The fourth-order valence-electron chi connectivity index (χ4n) is 3.78. The average Bonchev–Trinajstić information content (AvgIpc) is 2.81. The third kappa shape index (κ3) is 7.32. The molecule has 4 N–H and O–H groups in total. The van der Waals surface area contributed by atoms with Crippen molar-refractivity contribution in [1.29, 1.82) is 0 Å². The molecule has 0 saturated heterocycles. The van der Waals surface area contributed by atoms with E-state index in [1.807, 2.05) is 54.6 Å². The molecule has 0 aliphatic rings. The number of nitrogens with two attached hydrogens (primary N) is 1. The summed E-state index contributed by atoms with van der Waals surface area (Å²) >= 11 is 0. The molecule has 0 heterocycles. The Balaban J connectivity index is 0.00000385. The Kier molecular flexibility index (Phi) is 9.92. The normalized spacial score (nSPS) is 12.0. The number of carbonyl (C=O) groups excluding carboxylic acids is 1. The van der Waals surface area contributed by atoms with Crippen LogP contribution in [0.4, 0.5) is 0 Å². The number of nitrogens with one attached hydrogen (secondary N) is 1. The summed E-state index contributed by atoms with van der Waals surface area (Å²) in [5, 5.41) is 12.9. The molecule has 0 fully saturated rings. The summed E-state index contributed by atoms with van der Waals surface area (Å²) < 4.78 is 5.92. The standard InChI is InChI=1S/C27H32N2O3.ClH/c1-27(2,23-12-14-24(15-13-23)32-19-21-6-4-3-5-7-21)25(29-16-17-30)18-20-8-10-22(11-9-20)26(28)31;/h3-15,25,29-30H,16-19H2,1-2H3,(H2,28,31);1H. The summed E-state index contributed by atoms with van der Waals surface area (Å²) in [4.78, 5) is 11.3. The van der Waals surface area contributed by atoms with E-state index in [1.165, 1.54) is 5.56 Å². The van der Waals surface area contributed by atoms with Gasteiger partial charge < -0.3 is 20.9 Å². The minimum absolute atomic E-state index is 0. The molecule has 0 aliphatic heterocycles. The van der Waals surface area contributed by atoms with Gasteiger partial charge in [-0.05, 0) is 47.4 Å². The van der Waals surface area contributed by atoms with Crippen molar-refractivity contribution >= 4 is 18.3 Å². The zero-order valence-electron chi connectivity index (χ0n) is 19.2. The molecule has 0 radical (unpaired) electrons. The zero-order chi connectivity index (χ0) is 23.0. The summed E-state index contributed by atoms with van der Waals surface area (Å²) in [5.74, 6) is 0.400. The molecule has 176 valence electrons. The first kappa shape index (κ1) is 26.4. The van der Waals surface area contributed by atoms with E-state index in [1.54, 1.807) is 12.1 Å². The first-order valence-corrected chi connectivity index (χ1v) is 10.9. The Morgan fingerprint density at radius 2 is 1.61 bits per heavy atom. The summed E-state index contributed by atoms with van der Waals surface area (Å²) in [6.45, 7) is 5.50. The van der Waals surface area contributed by atoms with Gasteiger partial charge in [-0.3, -0.25) is 4.79 Å². The molecule has 0 aromatic heterocycles. The van der Waals surface area contributed by atoms with Crippen molar-refractivity contribution in [2.75, 3.05) is 13.2 Å². The molecule has 1 atom stereocenters. The number of hydrogen-bond donors (Lipinski definition) is 3. The highest BCUT2D eigenvalue weighted by Gasteiger charge is 2.31. The maximum atomic E-state index is 11.3. The number of aliphatic hydroxyl groups is 1. The number of benzene rings is 3. The molecule has 5 nitrogen and oxygen atoms in total. The van der Waals surface area contributed by atoms with Crippen molar-refractivity contribution in [2.45, 2.75) is 38.3 Å². The number of aliphatic hydroxyl groups excluding tert-OH is 1. The number of hydrogen-bond acceptors (Lipinski definition) is 4. The Morgan fingerprint density at radius 1 is 0.970 bits per heavy atom. The van der Waals surface area contributed by atoms with E-state index in [-0.39, 0.29) is 30.5 Å².